The van der Waals surface area contributed by atoms with Crippen LogP contribution in [0.3, 0.4) is 0 Å². The monoisotopic (exact) mass is 494 g/mol. The first kappa shape index (κ1) is 26.8. The second-order valence-electron chi connectivity index (χ2n) is 9.43. The molecule has 3 N–H and O–H groups in total. The maximum absolute atomic E-state index is 13.2. The Morgan fingerprint density at radius 2 is 1.86 bits per heavy atom. The molecule has 3 rings (SSSR count). The molecule has 3 amide bonds. The van der Waals surface area contributed by atoms with Gasteiger partial charge >= 0.3 is 6.09 Å². The number of rotatable bonds is 7. The van der Waals surface area contributed by atoms with E-state index in [-0.39, 0.29) is 18.9 Å². The van der Waals surface area contributed by atoms with Crippen molar-refractivity contribution in [3.05, 3.63) is 65.5 Å². The lowest BCUT2D eigenvalue weighted by atomic mass is 9.98. The van der Waals surface area contributed by atoms with E-state index in [1.165, 1.54) is 0 Å². The predicted molar refractivity (Wildman–Crippen MR) is 134 cm³/mol. The van der Waals surface area contributed by atoms with Crippen molar-refractivity contribution in [2.75, 3.05) is 6.54 Å². The van der Waals surface area contributed by atoms with Crippen molar-refractivity contribution < 1.29 is 23.9 Å². The molecule has 9 heteroatoms. The van der Waals surface area contributed by atoms with E-state index in [4.69, 9.17) is 4.74 Å². The highest BCUT2D eigenvalue weighted by molar-refractivity contribution is 6.38. The Morgan fingerprint density at radius 1 is 1.11 bits per heavy atom. The van der Waals surface area contributed by atoms with Crippen molar-refractivity contribution in [3.8, 4) is 0 Å². The predicted octanol–water partition coefficient (Wildman–Crippen LogP) is 2.47. The first-order valence-corrected chi connectivity index (χ1v) is 12.3. The topological polar surface area (TPSA) is 126 Å². The summed E-state index contributed by atoms with van der Waals surface area (Å²) in [6.45, 7) is 4.28. The van der Waals surface area contributed by atoms with Crippen LogP contribution in [0.1, 0.15) is 49.8 Å². The van der Waals surface area contributed by atoms with Gasteiger partial charge in [0.2, 0.25) is 11.7 Å². The fourth-order valence-electron chi connectivity index (χ4n) is 4.02. The number of Topliss-reactive ketones (excluding diaryl/α,β-unsaturated/α-hetero) is 1. The molecule has 2 bridgehead atoms. The summed E-state index contributed by atoms with van der Waals surface area (Å²) >= 11 is 0. The molecule has 2 aromatic rings. The number of aryl methyl sites for hydroxylation is 1. The van der Waals surface area contributed by atoms with Gasteiger partial charge < -0.3 is 20.7 Å². The first-order valence-electron chi connectivity index (χ1n) is 12.3. The van der Waals surface area contributed by atoms with E-state index in [2.05, 4.69) is 20.9 Å². The van der Waals surface area contributed by atoms with Crippen LogP contribution in [-0.4, -0.2) is 47.3 Å². The van der Waals surface area contributed by atoms with Crippen LogP contribution in [0.4, 0.5) is 4.79 Å². The third kappa shape index (κ3) is 8.48. The molecule has 192 valence electrons. The molecule has 1 aromatic carbocycles. The van der Waals surface area contributed by atoms with Gasteiger partial charge in [-0.3, -0.25) is 19.4 Å². The van der Waals surface area contributed by atoms with Gasteiger partial charge in [0.1, 0.15) is 18.7 Å². The number of alkyl carbamates (subject to hydrolysis) is 1. The van der Waals surface area contributed by atoms with Crippen LogP contribution in [0.2, 0.25) is 0 Å². The number of ketones is 1. The summed E-state index contributed by atoms with van der Waals surface area (Å²) in [6.07, 6.45) is 5.53. The quantitative estimate of drug-likeness (QED) is 0.508. The number of nitrogens with one attached hydrogen (secondary N) is 3. The van der Waals surface area contributed by atoms with Crippen LogP contribution in [0.15, 0.2) is 48.8 Å². The van der Waals surface area contributed by atoms with Crippen molar-refractivity contribution in [3.63, 3.8) is 0 Å². The number of nitrogens with zero attached hydrogens (tertiary/aromatic N) is 1. The van der Waals surface area contributed by atoms with Crippen LogP contribution >= 0.6 is 0 Å². The summed E-state index contributed by atoms with van der Waals surface area (Å²) in [5, 5.41) is 7.95. The summed E-state index contributed by atoms with van der Waals surface area (Å²) in [5.41, 5.74) is 2.60. The van der Waals surface area contributed by atoms with E-state index >= 15 is 0 Å². The number of carbonyl (C=O) groups is 4. The Bertz CT molecular complexity index is 1060. The number of benzene rings is 1. The van der Waals surface area contributed by atoms with Crippen LogP contribution in [0.25, 0.3) is 0 Å². The summed E-state index contributed by atoms with van der Waals surface area (Å²) in [6, 6.07) is 9.12. The average molecular weight is 495 g/mol. The number of hydrogen-bond acceptors (Lipinski definition) is 6. The number of pyridine rings is 1. The highest BCUT2D eigenvalue weighted by atomic mass is 16.5. The Labute approximate surface area is 211 Å². The van der Waals surface area contributed by atoms with Crippen LogP contribution < -0.4 is 16.0 Å². The standard InChI is InChI=1S/C27H34N4O5/c1-18(2)12-23(31-27(35)36-17-19-8-4-3-5-9-19)25(33)30-22-14-21-13-20(15-28-16-21)10-6-7-11-29-26(34)24(22)32/h3-5,8-9,13,15-16,18,22-23H,6-7,10-12,14,17H2,1-2H3,(H,29,34)(H,30,33)(H,31,35). The molecule has 0 spiro atoms. The van der Waals surface area contributed by atoms with E-state index in [9.17, 15) is 19.2 Å². The van der Waals surface area contributed by atoms with E-state index in [1.807, 2.05) is 50.2 Å². The lowest BCUT2D eigenvalue weighted by Crippen LogP contribution is -2.55. The third-order valence-electron chi connectivity index (χ3n) is 5.85. The van der Waals surface area contributed by atoms with Gasteiger partial charge in [-0.05, 0) is 48.3 Å². The van der Waals surface area contributed by atoms with Gasteiger partial charge in [0.15, 0.2) is 0 Å². The van der Waals surface area contributed by atoms with Crippen molar-refractivity contribution in [1.82, 2.24) is 20.9 Å². The lowest BCUT2D eigenvalue weighted by Gasteiger charge is -2.24. The molecule has 2 unspecified atom stereocenters. The SMILES string of the molecule is CC(C)CC(NC(=O)OCc1ccccc1)C(=O)NC1Cc2cncc(c2)CCCCNC(=O)C1=O. The molecule has 1 aromatic heterocycles. The molecule has 1 aliphatic rings. The minimum atomic E-state index is -1.09. The zero-order valence-electron chi connectivity index (χ0n) is 20.8. The second kappa shape index (κ2) is 13.4. The van der Waals surface area contributed by atoms with E-state index in [1.54, 1.807) is 12.4 Å². The van der Waals surface area contributed by atoms with Gasteiger partial charge in [-0.1, -0.05) is 50.2 Å². The van der Waals surface area contributed by atoms with Crippen LogP contribution in [0, 0.1) is 5.92 Å². The summed E-state index contributed by atoms with van der Waals surface area (Å²) in [7, 11) is 0. The van der Waals surface area contributed by atoms with Gasteiger partial charge in [0, 0.05) is 25.4 Å². The second-order valence-corrected chi connectivity index (χ2v) is 9.43. The Balaban J connectivity index is 1.72. The number of amides is 3. The molecule has 0 saturated heterocycles. The van der Waals surface area contributed by atoms with Gasteiger partial charge in [-0.15, -0.1) is 0 Å². The van der Waals surface area contributed by atoms with Crippen molar-refractivity contribution >= 4 is 23.7 Å². The van der Waals surface area contributed by atoms with Crippen molar-refractivity contribution in [1.29, 1.82) is 0 Å². The number of aromatic nitrogens is 1. The van der Waals surface area contributed by atoms with Gasteiger partial charge in [0.25, 0.3) is 5.91 Å². The van der Waals surface area contributed by atoms with E-state index < -0.39 is 35.8 Å². The highest BCUT2D eigenvalue weighted by Gasteiger charge is 2.31. The molecular weight excluding hydrogens is 460 g/mol. The zero-order chi connectivity index (χ0) is 25.9. The molecular formula is C27H34N4O5. The fraction of sp³-hybridized carbons (Fsp3) is 0.444. The molecule has 0 fully saturated rings. The van der Waals surface area contributed by atoms with Gasteiger partial charge in [0.05, 0.1) is 0 Å². The molecule has 0 saturated carbocycles. The summed E-state index contributed by atoms with van der Waals surface area (Å²) in [4.78, 5) is 55.4. The Morgan fingerprint density at radius 3 is 2.61 bits per heavy atom. The summed E-state index contributed by atoms with van der Waals surface area (Å²) in [5.74, 6) is -1.95. The minimum absolute atomic E-state index is 0.0628. The smallest absolute Gasteiger partial charge is 0.408 e. The highest BCUT2D eigenvalue weighted by Crippen LogP contribution is 2.12. The zero-order valence-corrected chi connectivity index (χ0v) is 20.8. The van der Waals surface area contributed by atoms with Crippen LogP contribution in [0.5, 0.6) is 0 Å². The Hall–Kier alpha value is -3.75. The largest absolute Gasteiger partial charge is 0.445 e. The first-order chi connectivity index (χ1) is 17.3. The van der Waals surface area contributed by atoms with Crippen LogP contribution in [-0.2, 0) is 38.6 Å². The molecule has 2 heterocycles. The van der Waals surface area contributed by atoms with Gasteiger partial charge in [-0.2, -0.15) is 0 Å². The van der Waals surface area contributed by atoms with Crippen molar-refractivity contribution in [2.45, 2.75) is 64.6 Å². The van der Waals surface area contributed by atoms with Crippen molar-refractivity contribution in [2.24, 2.45) is 5.92 Å². The number of carbonyl (C=O) groups excluding carboxylic acids is 4. The lowest BCUT2D eigenvalue weighted by molar-refractivity contribution is -0.140. The fourth-order valence-corrected chi connectivity index (χ4v) is 4.02. The number of ether oxygens (including phenoxy) is 1. The molecule has 36 heavy (non-hydrogen) atoms. The molecule has 2 atom stereocenters. The minimum Gasteiger partial charge on any atom is -0.445 e. The maximum atomic E-state index is 13.2. The number of fused-ring (bicyclic) bond motifs is 2. The molecule has 9 nitrogen and oxygen atoms in total. The number of hydrogen-bond donors (Lipinski definition) is 3. The van der Waals surface area contributed by atoms with E-state index in [0.29, 0.717) is 13.0 Å². The molecule has 0 aliphatic carbocycles. The normalized spacial score (nSPS) is 17.2. The molecule has 0 radical (unpaired) electrons. The average Bonchev–Trinajstić information content (AvgIpc) is 2.86. The Kier molecular flexibility index (Phi) is 9.97. The molecule has 1 aliphatic heterocycles. The maximum Gasteiger partial charge on any atom is 0.408 e. The van der Waals surface area contributed by atoms with E-state index in [0.717, 1.165) is 36.0 Å². The third-order valence-corrected chi connectivity index (χ3v) is 5.85. The van der Waals surface area contributed by atoms with Gasteiger partial charge in [-0.25, -0.2) is 4.79 Å². The summed E-state index contributed by atoms with van der Waals surface area (Å²) < 4.78 is 5.27.